The highest BCUT2D eigenvalue weighted by atomic mass is 32.2. The zero-order chi connectivity index (χ0) is 20.6. The molecule has 29 heavy (non-hydrogen) atoms. The van der Waals surface area contributed by atoms with Gasteiger partial charge >= 0.3 is 6.03 Å². The van der Waals surface area contributed by atoms with Gasteiger partial charge in [-0.25, -0.2) is 9.18 Å². The van der Waals surface area contributed by atoms with E-state index in [-0.39, 0.29) is 29.0 Å². The molecule has 1 heterocycles. The van der Waals surface area contributed by atoms with Crippen LogP contribution in [0.3, 0.4) is 0 Å². The molecule has 0 unspecified atom stereocenters. The zero-order valence-corrected chi connectivity index (χ0v) is 17.3. The molecule has 0 aromatic heterocycles. The van der Waals surface area contributed by atoms with Crippen molar-refractivity contribution in [1.29, 1.82) is 0 Å². The summed E-state index contributed by atoms with van der Waals surface area (Å²) in [5.74, 6) is 0.624. The summed E-state index contributed by atoms with van der Waals surface area (Å²) in [5.41, 5.74) is 1.76. The van der Waals surface area contributed by atoms with Crippen molar-refractivity contribution in [2.75, 3.05) is 18.4 Å². The van der Waals surface area contributed by atoms with Crippen LogP contribution in [0.1, 0.15) is 25.3 Å². The topological polar surface area (TPSA) is 61.4 Å². The SMILES string of the molecule is C[C@@H](SCc1ccccc1)C(=O)N1CCC(NC(=O)Nc2ccc(F)cc2)CC1. The lowest BCUT2D eigenvalue weighted by Gasteiger charge is -2.33. The molecule has 0 aliphatic carbocycles. The first-order valence-electron chi connectivity index (χ1n) is 9.78. The van der Waals surface area contributed by atoms with E-state index in [9.17, 15) is 14.0 Å². The first kappa shape index (κ1) is 21.2. The number of nitrogens with zero attached hydrogens (tertiary/aromatic N) is 1. The summed E-state index contributed by atoms with van der Waals surface area (Å²) in [5, 5.41) is 5.53. The molecule has 3 rings (SSSR count). The van der Waals surface area contributed by atoms with Gasteiger partial charge in [0.2, 0.25) is 5.91 Å². The highest BCUT2D eigenvalue weighted by Gasteiger charge is 2.27. The number of halogens is 1. The number of piperidine rings is 1. The highest BCUT2D eigenvalue weighted by Crippen LogP contribution is 2.21. The number of likely N-dealkylation sites (tertiary alicyclic amines) is 1. The van der Waals surface area contributed by atoms with Crippen molar-refractivity contribution in [2.24, 2.45) is 0 Å². The molecule has 0 saturated carbocycles. The van der Waals surface area contributed by atoms with E-state index in [4.69, 9.17) is 0 Å². The third-order valence-electron chi connectivity index (χ3n) is 4.93. The Morgan fingerprint density at radius 3 is 2.41 bits per heavy atom. The maximum atomic E-state index is 12.9. The molecule has 1 fully saturated rings. The summed E-state index contributed by atoms with van der Waals surface area (Å²) in [6.45, 7) is 3.23. The van der Waals surface area contributed by atoms with Gasteiger partial charge in [0.05, 0.1) is 5.25 Å². The van der Waals surface area contributed by atoms with E-state index in [0.717, 1.165) is 18.6 Å². The van der Waals surface area contributed by atoms with Crippen LogP contribution in [0.5, 0.6) is 0 Å². The van der Waals surface area contributed by atoms with Crippen molar-refractivity contribution in [2.45, 2.75) is 36.8 Å². The molecule has 2 aromatic rings. The second-order valence-electron chi connectivity index (χ2n) is 7.14. The molecule has 1 saturated heterocycles. The maximum absolute atomic E-state index is 12.9. The van der Waals surface area contributed by atoms with Gasteiger partial charge in [0.1, 0.15) is 5.82 Å². The number of rotatable bonds is 6. The number of thioether (sulfide) groups is 1. The van der Waals surface area contributed by atoms with Gasteiger partial charge in [-0.15, -0.1) is 11.8 Å². The molecule has 7 heteroatoms. The normalized spacial score (nSPS) is 15.6. The summed E-state index contributed by atoms with van der Waals surface area (Å²) in [4.78, 5) is 26.7. The number of anilines is 1. The minimum atomic E-state index is -0.343. The monoisotopic (exact) mass is 415 g/mol. The number of carbonyl (C=O) groups excluding carboxylic acids is 2. The summed E-state index contributed by atoms with van der Waals surface area (Å²) >= 11 is 1.65. The summed E-state index contributed by atoms with van der Waals surface area (Å²) < 4.78 is 12.9. The fourth-order valence-electron chi connectivity index (χ4n) is 3.25. The van der Waals surface area contributed by atoms with Gasteiger partial charge in [0.15, 0.2) is 0 Å². The molecule has 1 aliphatic rings. The van der Waals surface area contributed by atoms with Gasteiger partial charge in [-0.05, 0) is 49.6 Å². The highest BCUT2D eigenvalue weighted by molar-refractivity contribution is 7.99. The number of hydrogen-bond acceptors (Lipinski definition) is 3. The lowest BCUT2D eigenvalue weighted by molar-refractivity contribution is -0.131. The van der Waals surface area contributed by atoms with Crippen LogP contribution in [0.4, 0.5) is 14.9 Å². The fourth-order valence-corrected chi connectivity index (χ4v) is 4.18. The number of amides is 3. The van der Waals surface area contributed by atoms with Crippen molar-refractivity contribution in [3.05, 3.63) is 66.0 Å². The lowest BCUT2D eigenvalue weighted by Crippen LogP contribution is -2.49. The van der Waals surface area contributed by atoms with Crippen LogP contribution in [0.2, 0.25) is 0 Å². The number of nitrogens with one attached hydrogen (secondary N) is 2. The average Bonchev–Trinajstić information content (AvgIpc) is 2.74. The zero-order valence-electron chi connectivity index (χ0n) is 16.4. The molecule has 154 valence electrons. The Kier molecular flexibility index (Phi) is 7.52. The van der Waals surface area contributed by atoms with Crippen LogP contribution in [0.15, 0.2) is 54.6 Å². The molecule has 2 aromatic carbocycles. The average molecular weight is 416 g/mol. The van der Waals surface area contributed by atoms with Crippen LogP contribution >= 0.6 is 11.8 Å². The second kappa shape index (κ2) is 10.3. The van der Waals surface area contributed by atoms with Crippen LogP contribution < -0.4 is 10.6 Å². The number of benzene rings is 2. The molecular formula is C22H26FN3O2S. The van der Waals surface area contributed by atoms with Gasteiger partial charge in [-0.1, -0.05) is 30.3 Å². The Morgan fingerprint density at radius 2 is 1.76 bits per heavy atom. The number of hydrogen-bond donors (Lipinski definition) is 2. The quantitative estimate of drug-likeness (QED) is 0.741. The van der Waals surface area contributed by atoms with Crippen molar-refractivity contribution >= 4 is 29.4 Å². The van der Waals surface area contributed by atoms with Crippen molar-refractivity contribution in [3.63, 3.8) is 0 Å². The third kappa shape index (κ3) is 6.49. The van der Waals surface area contributed by atoms with Crippen LogP contribution in [0.25, 0.3) is 0 Å². The van der Waals surface area contributed by atoms with Gasteiger partial charge in [0.25, 0.3) is 0 Å². The lowest BCUT2D eigenvalue weighted by atomic mass is 10.0. The molecule has 0 spiro atoms. The van der Waals surface area contributed by atoms with Crippen LogP contribution in [0, 0.1) is 5.82 Å². The molecule has 1 atom stereocenters. The van der Waals surface area contributed by atoms with E-state index in [1.807, 2.05) is 30.0 Å². The van der Waals surface area contributed by atoms with Gasteiger partial charge in [-0.2, -0.15) is 0 Å². The van der Waals surface area contributed by atoms with E-state index in [1.165, 1.54) is 29.8 Å². The van der Waals surface area contributed by atoms with E-state index >= 15 is 0 Å². The molecule has 3 amide bonds. The second-order valence-corrected chi connectivity index (χ2v) is 8.47. The molecule has 5 nitrogen and oxygen atoms in total. The predicted octanol–water partition coefficient (Wildman–Crippen LogP) is 4.26. The predicted molar refractivity (Wildman–Crippen MR) is 115 cm³/mol. The van der Waals surface area contributed by atoms with E-state index in [0.29, 0.717) is 18.8 Å². The van der Waals surface area contributed by atoms with Crippen LogP contribution in [-0.4, -0.2) is 41.2 Å². The minimum Gasteiger partial charge on any atom is -0.342 e. The minimum absolute atomic E-state index is 0.0202. The Hall–Kier alpha value is -2.54. The molecule has 0 radical (unpaired) electrons. The molecule has 2 N–H and O–H groups in total. The Balaban J connectivity index is 1.39. The van der Waals surface area contributed by atoms with Crippen molar-refractivity contribution in [1.82, 2.24) is 10.2 Å². The fraction of sp³-hybridized carbons (Fsp3) is 0.364. The maximum Gasteiger partial charge on any atom is 0.319 e. The first-order chi connectivity index (χ1) is 14.0. The number of urea groups is 1. The summed E-state index contributed by atoms with van der Waals surface area (Å²) in [6, 6.07) is 15.5. The van der Waals surface area contributed by atoms with Gasteiger partial charge in [0, 0.05) is 30.6 Å². The molecule has 1 aliphatic heterocycles. The summed E-state index contributed by atoms with van der Waals surface area (Å²) in [6.07, 6.45) is 1.44. The first-order valence-corrected chi connectivity index (χ1v) is 10.8. The van der Waals surface area contributed by atoms with Crippen molar-refractivity contribution < 1.29 is 14.0 Å². The smallest absolute Gasteiger partial charge is 0.319 e. The van der Waals surface area contributed by atoms with Crippen molar-refractivity contribution in [3.8, 4) is 0 Å². The Bertz CT molecular complexity index is 809. The third-order valence-corrected chi connectivity index (χ3v) is 6.14. The van der Waals surface area contributed by atoms with E-state index in [2.05, 4.69) is 22.8 Å². The Morgan fingerprint density at radius 1 is 1.10 bits per heavy atom. The summed E-state index contributed by atoms with van der Waals surface area (Å²) in [7, 11) is 0. The molecular weight excluding hydrogens is 389 g/mol. The molecule has 0 bridgehead atoms. The van der Waals surface area contributed by atoms with Gasteiger partial charge in [-0.3, -0.25) is 4.79 Å². The van der Waals surface area contributed by atoms with Crippen LogP contribution in [-0.2, 0) is 10.5 Å². The Labute approximate surface area is 175 Å². The largest absolute Gasteiger partial charge is 0.342 e. The number of carbonyl (C=O) groups is 2. The van der Waals surface area contributed by atoms with Gasteiger partial charge < -0.3 is 15.5 Å². The van der Waals surface area contributed by atoms with E-state index in [1.54, 1.807) is 11.8 Å². The van der Waals surface area contributed by atoms with E-state index < -0.39 is 0 Å². The standard InChI is InChI=1S/C22H26FN3O2S/c1-16(29-15-17-5-3-2-4-6-17)21(27)26-13-11-20(12-14-26)25-22(28)24-19-9-7-18(23)8-10-19/h2-10,16,20H,11-15H2,1H3,(H2,24,25,28)/t16-/m1/s1.